The summed E-state index contributed by atoms with van der Waals surface area (Å²) in [6.07, 6.45) is 15.2. The van der Waals surface area contributed by atoms with E-state index >= 15 is 0 Å². The summed E-state index contributed by atoms with van der Waals surface area (Å²) in [4.78, 5) is 32.5. The van der Waals surface area contributed by atoms with Crippen LogP contribution in [0.2, 0.25) is 0 Å². The Balaban J connectivity index is 1.22. The third-order valence-electron chi connectivity index (χ3n) is 10.1. The number of carbonyl (C=O) groups is 2. The van der Waals surface area contributed by atoms with E-state index in [4.69, 9.17) is 14.2 Å². The molecule has 4 bridgehead atoms. The summed E-state index contributed by atoms with van der Waals surface area (Å²) in [5, 5.41) is 1.13. The number of nitrogens with one attached hydrogen (secondary N) is 1. The highest BCUT2D eigenvalue weighted by molar-refractivity contribution is 5.92. The molecule has 2 aromatic rings. The summed E-state index contributed by atoms with van der Waals surface area (Å²) in [5.41, 5.74) is 2.54. The van der Waals surface area contributed by atoms with Crippen LogP contribution in [0.3, 0.4) is 0 Å². The molecule has 7 nitrogen and oxygen atoms in total. The average molecular weight is 567 g/mol. The second kappa shape index (κ2) is 13.6. The van der Waals surface area contributed by atoms with E-state index in [-0.39, 0.29) is 23.9 Å². The van der Waals surface area contributed by atoms with Crippen molar-refractivity contribution in [1.29, 1.82) is 0 Å². The number of methoxy groups -OCH3 is 2. The lowest BCUT2D eigenvalue weighted by atomic mass is 9.56. The van der Waals surface area contributed by atoms with E-state index in [9.17, 15) is 9.59 Å². The van der Waals surface area contributed by atoms with Crippen LogP contribution in [0.25, 0.3) is 10.9 Å². The smallest absolute Gasteiger partial charge is 0.319 e. The minimum absolute atomic E-state index is 0.0344. The van der Waals surface area contributed by atoms with Crippen molar-refractivity contribution < 1.29 is 23.8 Å². The molecule has 1 saturated carbocycles. The van der Waals surface area contributed by atoms with Gasteiger partial charge in [0.2, 0.25) is 0 Å². The fraction of sp³-hybridized carbons (Fsp3) is 0.706. The fourth-order valence-electron chi connectivity index (χ4n) is 8.28. The van der Waals surface area contributed by atoms with Gasteiger partial charge >= 0.3 is 11.9 Å². The SMILES string of the molecule is CCCCCCCCCCCC(=O)OCCC1C[C@@H]2CN3CCc4c([nH]c5ccc(OC)cc45)[C@](C(=O)OC)(C2)[C@H]13. The van der Waals surface area contributed by atoms with Crippen LogP contribution in [0, 0.1) is 11.8 Å². The molecule has 1 N–H and O–H groups in total. The molecule has 4 heterocycles. The number of aromatic nitrogens is 1. The topological polar surface area (TPSA) is 80.9 Å². The molecule has 0 radical (unpaired) electrons. The molecule has 0 spiro atoms. The number of unbranched alkanes of at least 4 members (excludes halogenated alkanes) is 8. The third-order valence-corrected chi connectivity index (χ3v) is 10.1. The van der Waals surface area contributed by atoms with E-state index < -0.39 is 5.41 Å². The van der Waals surface area contributed by atoms with Gasteiger partial charge < -0.3 is 19.2 Å². The van der Waals surface area contributed by atoms with Crippen LogP contribution in [-0.2, 0) is 30.9 Å². The number of aromatic amines is 1. The molecule has 5 atom stereocenters. The van der Waals surface area contributed by atoms with Gasteiger partial charge in [-0.2, -0.15) is 0 Å². The predicted molar refractivity (Wildman–Crippen MR) is 161 cm³/mol. The van der Waals surface area contributed by atoms with E-state index in [2.05, 4.69) is 28.9 Å². The first-order valence-corrected chi connectivity index (χ1v) is 16.2. The number of hydrogen-bond donors (Lipinski definition) is 1. The Morgan fingerprint density at radius 2 is 1.80 bits per heavy atom. The number of esters is 2. The number of piperidine rings is 2. The van der Waals surface area contributed by atoms with Crippen molar-refractivity contribution in [3.63, 3.8) is 0 Å². The van der Waals surface area contributed by atoms with Crippen LogP contribution in [0.4, 0.5) is 0 Å². The van der Waals surface area contributed by atoms with Crippen molar-refractivity contribution in [2.45, 2.75) is 108 Å². The summed E-state index contributed by atoms with van der Waals surface area (Å²) in [5.74, 6) is 1.28. The van der Waals surface area contributed by atoms with Crippen molar-refractivity contribution in [3.05, 3.63) is 29.5 Å². The second-order valence-electron chi connectivity index (χ2n) is 12.7. The van der Waals surface area contributed by atoms with E-state index in [1.165, 1.54) is 57.6 Å². The van der Waals surface area contributed by atoms with E-state index in [0.717, 1.165) is 74.0 Å². The van der Waals surface area contributed by atoms with Gasteiger partial charge in [-0.25, -0.2) is 0 Å². The van der Waals surface area contributed by atoms with Crippen LogP contribution >= 0.6 is 0 Å². The predicted octanol–water partition coefficient (Wildman–Crippen LogP) is 6.71. The highest BCUT2D eigenvalue weighted by atomic mass is 16.5. The van der Waals surface area contributed by atoms with Crippen LogP contribution in [0.5, 0.6) is 5.75 Å². The van der Waals surface area contributed by atoms with Crippen molar-refractivity contribution in [2.75, 3.05) is 33.9 Å². The van der Waals surface area contributed by atoms with Gasteiger partial charge in [0.1, 0.15) is 11.2 Å². The molecule has 2 saturated heterocycles. The zero-order chi connectivity index (χ0) is 28.8. The Labute approximate surface area is 245 Å². The first-order chi connectivity index (χ1) is 20.0. The van der Waals surface area contributed by atoms with Crippen LogP contribution in [0.15, 0.2) is 18.2 Å². The number of benzene rings is 1. The van der Waals surface area contributed by atoms with E-state index in [1.807, 2.05) is 6.07 Å². The van der Waals surface area contributed by atoms with Crippen molar-refractivity contribution in [1.82, 2.24) is 9.88 Å². The Morgan fingerprint density at radius 1 is 1.05 bits per heavy atom. The van der Waals surface area contributed by atoms with Crippen molar-refractivity contribution in [3.8, 4) is 5.75 Å². The summed E-state index contributed by atoms with van der Waals surface area (Å²) in [7, 11) is 3.21. The summed E-state index contributed by atoms with van der Waals surface area (Å²) < 4.78 is 16.8. The largest absolute Gasteiger partial charge is 0.497 e. The van der Waals surface area contributed by atoms with Gasteiger partial charge in [0.25, 0.3) is 0 Å². The van der Waals surface area contributed by atoms with Crippen molar-refractivity contribution in [2.24, 2.45) is 11.8 Å². The summed E-state index contributed by atoms with van der Waals surface area (Å²) >= 11 is 0. The van der Waals surface area contributed by atoms with Crippen LogP contribution in [-0.4, -0.2) is 61.8 Å². The molecule has 1 aromatic heterocycles. The molecule has 3 fully saturated rings. The highest BCUT2D eigenvalue weighted by Gasteiger charge is 2.63. The lowest BCUT2D eigenvalue weighted by Gasteiger charge is -2.57. The maximum atomic E-state index is 13.8. The molecule has 6 rings (SSSR count). The Bertz CT molecular complexity index is 1190. The molecular weight excluding hydrogens is 516 g/mol. The third kappa shape index (κ3) is 6.16. The zero-order valence-corrected chi connectivity index (χ0v) is 25.5. The molecule has 2 unspecified atom stereocenters. The van der Waals surface area contributed by atoms with Gasteiger partial charge in [0.05, 0.1) is 20.8 Å². The molecule has 3 aliphatic heterocycles. The monoisotopic (exact) mass is 566 g/mol. The number of H-pyrrole nitrogens is 1. The molecule has 1 aliphatic carbocycles. The summed E-state index contributed by atoms with van der Waals surface area (Å²) in [6.45, 7) is 4.60. The molecule has 4 aliphatic rings. The quantitative estimate of drug-likeness (QED) is 0.191. The molecule has 226 valence electrons. The Hall–Kier alpha value is -2.54. The maximum absolute atomic E-state index is 13.8. The molecular formula is C34H50N2O5. The number of fused-ring (bicyclic) bond motifs is 4. The lowest BCUT2D eigenvalue weighted by Crippen LogP contribution is -2.67. The minimum atomic E-state index is -0.737. The Morgan fingerprint density at radius 3 is 2.54 bits per heavy atom. The van der Waals surface area contributed by atoms with Gasteiger partial charge in [-0.15, -0.1) is 0 Å². The number of carbonyl (C=O) groups excluding carboxylic acids is 2. The van der Waals surface area contributed by atoms with Gasteiger partial charge in [-0.1, -0.05) is 58.3 Å². The standard InChI is InChI=1S/C34H50N2O5/c1-4-5-6-7-8-9-10-11-12-13-30(37)41-19-17-25-20-24-22-34(33(38)40-3)31-27(16-18-36(23-24)32(25)34)28-21-26(39-2)14-15-29(28)35-31/h14-15,21,24-25,32,35H,4-13,16-20,22-23H2,1-3H3/t24-,25?,32-,34+/m0/s1. The first-order valence-electron chi connectivity index (χ1n) is 16.2. The maximum Gasteiger partial charge on any atom is 0.319 e. The summed E-state index contributed by atoms with van der Waals surface area (Å²) in [6, 6.07) is 6.14. The number of hydrogen-bond acceptors (Lipinski definition) is 6. The van der Waals surface area contributed by atoms with E-state index in [1.54, 1.807) is 7.11 Å². The Kier molecular flexibility index (Phi) is 9.95. The van der Waals surface area contributed by atoms with Crippen LogP contribution in [0.1, 0.15) is 102 Å². The average Bonchev–Trinajstić information content (AvgIpc) is 3.32. The molecule has 1 aromatic carbocycles. The number of ether oxygens (including phenoxy) is 3. The van der Waals surface area contributed by atoms with E-state index in [0.29, 0.717) is 18.9 Å². The van der Waals surface area contributed by atoms with Crippen LogP contribution < -0.4 is 4.74 Å². The fourth-order valence-corrected chi connectivity index (χ4v) is 8.28. The number of nitrogens with zero attached hydrogens (tertiary/aromatic N) is 1. The molecule has 0 amide bonds. The molecule has 41 heavy (non-hydrogen) atoms. The van der Waals surface area contributed by atoms with Gasteiger partial charge in [-0.3, -0.25) is 14.5 Å². The normalized spacial score (nSPS) is 26.4. The minimum Gasteiger partial charge on any atom is -0.497 e. The van der Waals surface area contributed by atoms with Gasteiger partial charge in [0, 0.05) is 42.1 Å². The zero-order valence-electron chi connectivity index (χ0n) is 25.5. The van der Waals surface area contributed by atoms with Gasteiger partial charge in [0.15, 0.2) is 0 Å². The molecule has 7 heteroatoms. The van der Waals surface area contributed by atoms with Gasteiger partial charge in [-0.05, 0) is 67.7 Å². The number of rotatable bonds is 15. The lowest BCUT2D eigenvalue weighted by molar-refractivity contribution is -0.163. The second-order valence-corrected chi connectivity index (χ2v) is 12.7. The first kappa shape index (κ1) is 29.9. The highest BCUT2D eigenvalue weighted by Crippen LogP contribution is 2.55. The van der Waals surface area contributed by atoms with Crippen molar-refractivity contribution >= 4 is 22.8 Å².